The van der Waals surface area contributed by atoms with Crippen LogP contribution in [-0.4, -0.2) is 28.2 Å². The van der Waals surface area contributed by atoms with Crippen molar-refractivity contribution < 1.29 is 19.1 Å². The summed E-state index contributed by atoms with van der Waals surface area (Å²) < 4.78 is 12.8. The largest absolute Gasteiger partial charge is 0.454 e. The van der Waals surface area contributed by atoms with Crippen molar-refractivity contribution in [3.63, 3.8) is 0 Å². The zero-order valence-corrected chi connectivity index (χ0v) is 18.3. The fourth-order valence-electron chi connectivity index (χ4n) is 4.51. The number of hydrogen-bond donors (Lipinski definition) is 1. The molecule has 6 rings (SSSR count). The molecule has 8 heteroatoms. The van der Waals surface area contributed by atoms with Gasteiger partial charge in [-0.3, -0.25) is 19.1 Å². The van der Waals surface area contributed by atoms with E-state index in [0.717, 1.165) is 22.2 Å². The topological polar surface area (TPSA) is 85.7 Å². The standard InChI is InChI=1S/C26H22N4O4/c31-24(27-14-17-6-2-1-3-7-17)13-21-25(32)29(15-18-10-11-22-23(12-18)34-16-33-22)26-28-19-8-4-5-9-20(19)30(21)26/h1-12,21H,13-16H2,(H,27,31)/t21-/m1/s1. The van der Waals surface area contributed by atoms with Crippen molar-refractivity contribution >= 4 is 28.8 Å². The van der Waals surface area contributed by atoms with Crippen LogP contribution in [-0.2, 0) is 22.7 Å². The quantitative estimate of drug-likeness (QED) is 0.482. The molecule has 4 aromatic rings. The summed E-state index contributed by atoms with van der Waals surface area (Å²) in [6, 6.07) is 22.3. The number of ether oxygens (including phenoxy) is 2. The van der Waals surface area contributed by atoms with E-state index >= 15 is 0 Å². The van der Waals surface area contributed by atoms with Crippen LogP contribution in [0.15, 0.2) is 72.8 Å². The third-order valence-corrected chi connectivity index (χ3v) is 6.17. The first-order chi connectivity index (χ1) is 16.7. The molecule has 2 amide bonds. The Morgan fingerprint density at radius 3 is 2.65 bits per heavy atom. The minimum atomic E-state index is -0.660. The van der Waals surface area contributed by atoms with Crippen LogP contribution in [0.2, 0.25) is 0 Å². The molecule has 34 heavy (non-hydrogen) atoms. The number of anilines is 1. The van der Waals surface area contributed by atoms with E-state index < -0.39 is 6.04 Å². The van der Waals surface area contributed by atoms with Gasteiger partial charge in [-0.05, 0) is 35.4 Å². The van der Waals surface area contributed by atoms with E-state index in [2.05, 4.69) is 5.32 Å². The first-order valence-electron chi connectivity index (χ1n) is 11.1. The minimum Gasteiger partial charge on any atom is -0.454 e. The number of carbonyl (C=O) groups excluding carboxylic acids is 2. The molecule has 0 spiro atoms. The monoisotopic (exact) mass is 454 g/mol. The van der Waals surface area contributed by atoms with Gasteiger partial charge >= 0.3 is 0 Å². The summed E-state index contributed by atoms with van der Waals surface area (Å²) in [5.41, 5.74) is 3.52. The third-order valence-electron chi connectivity index (χ3n) is 6.17. The Morgan fingerprint density at radius 2 is 1.76 bits per heavy atom. The molecule has 2 aliphatic rings. The summed E-state index contributed by atoms with van der Waals surface area (Å²) in [6.07, 6.45) is 0.0384. The third kappa shape index (κ3) is 3.53. The van der Waals surface area contributed by atoms with E-state index in [-0.39, 0.29) is 25.0 Å². The van der Waals surface area contributed by atoms with Gasteiger partial charge in [0.2, 0.25) is 18.6 Å². The van der Waals surface area contributed by atoms with Crippen LogP contribution in [0.3, 0.4) is 0 Å². The number of nitrogens with zero attached hydrogens (tertiary/aromatic N) is 3. The van der Waals surface area contributed by atoms with Crippen LogP contribution < -0.4 is 19.7 Å². The van der Waals surface area contributed by atoms with Crippen LogP contribution in [0.1, 0.15) is 23.6 Å². The average Bonchev–Trinajstić information content (AvgIpc) is 3.54. The van der Waals surface area contributed by atoms with Crippen molar-refractivity contribution in [2.75, 3.05) is 11.7 Å². The molecule has 170 valence electrons. The number of hydrogen-bond acceptors (Lipinski definition) is 5. The number of fused-ring (bicyclic) bond motifs is 4. The number of nitrogens with one attached hydrogen (secondary N) is 1. The Balaban J connectivity index is 1.28. The molecule has 8 nitrogen and oxygen atoms in total. The van der Waals surface area contributed by atoms with Crippen LogP contribution >= 0.6 is 0 Å². The van der Waals surface area contributed by atoms with Crippen LogP contribution in [0.4, 0.5) is 5.95 Å². The lowest BCUT2D eigenvalue weighted by Crippen LogP contribution is -2.32. The fraction of sp³-hybridized carbons (Fsp3) is 0.192. The van der Waals surface area contributed by atoms with Crippen molar-refractivity contribution in [3.05, 3.63) is 83.9 Å². The van der Waals surface area contributed by atoms with Crippen molar-refractivity contribution in [1.29, 1.82) is 0 Å². The second-order valence-corrected chi connectivity index (χ2v) is 8.36. The van der Waals surface area contributed by atoms with Gasteiger partial charge in [0.05, 0.1) is 24.0 Å². The molecule has 0 aliphatic carbocycles. The smallest absolute Gasteiger partial charge is 0.253 e. The molecule has 3 aromatic carbocycles. The van der Waals surface area contributed by atoms with E-state index in [1.165, 1.54) is 0 Å². The van der Waals surface area contributed by atoms with Gasteiger partial charge in [0.15, 0.2) is 11.5 Å². The Kier molecular flexibility index (Phi) is 4.91. The van der Waals surface area contributed by atoms with Gasteiger partial charge in [0.1, 0.15) is 6.04 Å². The minimum absolute atomic E-state index is 0.0384. The van der Waals surface area contributed by atoms with E-state index in [1.54, 1.807) is 4.90 Å². The van der Waals surface area contributed by atoms with Gasteiger partial charge in [-0.15, -0.1) is 0 Å². The van der Waals surface area contributed by atoms with E-state index in [0.29, 0.717) is 30.5 Å². The zero-order chi connectivity index (χ0) is 23.1. The number of rotatable bonds is 6. The van der Waals surface area contributed by atoms with Gasteiger partial charge in [-0.25, -0.2) is 4.98 Å². The Hall–Kier alpha value is -4.33. The number of aromatic nitrogens is 2. The van der Waals surface area contributed by atoms with Crippen LogP contribution in [0, 0.1) is 0 Å². The highest BCUT2D eigenvalue weighted by atomic mass is 16.7. The van der Waals surface area contributed by atoms with E-state index in [9.17, 15) is 9.59 Å². The number of imidazole rings is 1. The maximum absolute atomic E-state index is 13.5. The molecular formula is C26H22N4O4. The van der Waals surface area contributed by atoms with Crippen molar-refractivity contribution in [2.45, 2.75) is 25.6 Å². The highest BCUT2D eigenvalue weighted by Gasteiger charge is 2.41. The van der Waals surface area contributed by atoms with E-state index in [4.69, 9.17) is 14.5 Å². The summed E-state index contributed by atoms with van der Waals surface area (Å²) in [5, 5.41) is 2.94. The van der Waals surface area contributed by atoms with Crippen LogP contribution in [0.5, 0.6) is 11.5 Å². The van der Waals surface area contributed by atoms with E-state index in [1.807, 2.05) is 77.4 Å². The normalized spacial score (nSPS) is 16.2. The zero-order valence-electron chi connectivity index (χ0n) is 18.3. The van der Waals surface area contributed by atoms with Gasteiger partial charge in [-0.2, -0.15) is 0 Å². The van der Waals surface area contributed by atoms with Gasteiger partial charge in [0.25, 0.3) is 5.91 Å². The summed E-state index contributed by atoms with van der Waals surface area (Å²) in [7, 11) is 0. The number of carbonyl (C=O) groups is 2. The summed E-state index contributed by atoms with van der Waals surface area (Å²) >= 11 is 0. The molecule has 0 saturated carbocycles. The Morgan fingerprint density at radius 1 is 0.971 bits per heavy atom. The van der Waals surface area contributed by atoms with Gasteiger partial charge < -0.3 is 14.8 Å². The maximum atomic E-state index is 13.5. The summed E-state index contributed by atoms with van der Waals surface area (Å²) in [5.74, 6) is 1.56. The van der Waals surface area contributed by atoms with Crippen molar-refractivity contribution in [2.24, 2.45) is 0 Å². The molecule has 2 aliphatic heterocycles. The average molecular weight is 454 g/mol. The first-order valence-corrected chi connectivity index (χ1v) is 11.1. The highest BCUT2D eigenvalue weighted by Crippen LogP contribution is 2.38. The maximum Gasteiger partial charge on any atom is 0.253 e. The Bertz CT molecular complexity index is 1400. The lowest BCUT2D eigenvalue weighted by molar-refractivity contribution is -0.127. The lowest BCUT2D eigenvalue weighted by atomic mass is 10.1. The van der Waals surface area contributed by atoms with Crippen molar-refractivity contribution in [3.8, 4) is 11.5 Å². The predicted molar refractivity (Wildman–Crippen MR) is 125 cm³/mol. The summed E-state index contributed by atoms with van der Waals surface area (Å²) in [4.78, 5) is 32.7. The van der Waals surface area contributed by atoms with Gasteiger partial charge in [0, 0.05) is 6.54 Å². The predicted octanol–water partition coefficient (Wildman–Crippen LogP) is 3.56. The van der Waals surface area contributed by atoms with Crippen LogP contribution in [0.25, 0.3) is 11.0 Å². The molecular weight excluding hydrogens is 432 g/mol. The van der Waals surface area contributed by atoms with Gasteiger partial charge in [-0.1, -0.05) is 48.5 Å². The first kappa shape index (κ1) is 20.3. The number of para-hydroxylation sites is 2. The number of amides is 2. The van der Waals surface area contributed by atoms with Crippen molar-refractivity contribution in [1.82, 2.24) is 14.9 Å². The fourth-order valence-corrected chi connectivity index (χ4v) is 4.51. The molecule has 0 saturated heterocycles. The lowest BCUT2D eigenvalue weighted by Gasteiger charge is -2.16. The molecule has 1 atom stereocenters. The number of benzene rings is 3. The molecule has 0 bridgehead atoms. The Labute approximate surface area is 195 Å². The molecule has 0 radical (unpaired) electrons. The molecule has 1 N–H and O–H groups in total. The second-order valence-electron chi connectivity index (χ2n) is 8.36. The summed E-state index contributed by atoms with van der Waals surface area (Å²) in [6.45, 7) is 0.928. The molecule has 0 fully saturated rings. The molecule has 0 unspecified atom stereocenters. The molecule has 1 aromatic heterocycles. The SMILES string of the molecule is O=C(C[C@@H]1C(=O)N(Cc2ccc3c(c2)OCO3)c2nc3ccccc3n21)NCc1ccccc1. The highest BCUT2D eigenvalue weighted by molar-refractivity contribution is 6.03. The molecule has 3 heterocycles. The second kappa shape index (κ2) is 8.22.